The number of carbonyl (C=O) groups excluding carboxylic acids is 1. The lowest BCUT2D eigenvalue weighted by Crippen LogP contribution is -2.40. The number of Topliss-reactive ketones (excluding diaryl/α,β-unsaturated/α-hetero) is 1. The van der Waals surface area contributed by atoms with E-state index >= 15 is 0 Å². The maximum Gasteiger partial charge on any atom is 0.153 e. The Hall–Kier alpha value is -0.880. The molecule has 3 heteroatoms. The van der Waals surface area contributed by atoms with Gasteiger partial charge in [0.05, 0.1) is 6.07 Å². The fourth-order valence-corrected chi connectivity index (χ4v) is 1.96. The van der Waals surface area contributed by atoms with E-state index < -0.39 is 5.41 Å². The quantitative estimate of drug-likeness (QED) is 0.697. The molecule has 0 aromatic rings. The summed E-state index contributed by atoms with van der Waals surface area (Å²) in [5.74, 6) is -0.215. The van der Waals surface area contributed by atoms with Crippen LogP contribution in [-0.2, 0) is 4.79 Å². The average Bonchev–Trinajstić information content (AvgIpc) is 2.18. The first-order valence-electron chi connectivity index (χ1n) is 4.73. The maximum atomic E-state index is 11.6. The number of hydrogen-bond donors (Lipinski definition) is 1. The molecule has 1 N–H and O–H groups in total. The molecule has 1 aliphatic carbocycles. The minimum atomic E-state index is -0.896. The number of nitriles is 1. The second-order valence-electron chi connectivity index (χ2n) is 3.80. The molecule has 0 radical (unpaired) electrons. The second-order valence-corrected chi connectivity index (χ2v) is 3.80. The van der Waals surface area contributed by atoms with E-state index in [1.165, 1.54) is 0 Å². The van der Waals surface area contributed by atoms with Crippen LogP contribution in [0, 0.1) is 22.7 Å². The van der Waals surface area contributed by atoms with Crippen LogP contribution >= 0.6 is 0 Å². The topological polar surface area (TPSA) is 61.1 Å². The van der Waals surface area contributed by atoms with E-state index in [0.717, 1.165) is 12.8 Å². The van der Waals surface area contributed by atoms with Crippen molar-refractivity contribution >= 4 is 5.78 Å². The lowest BCUT2D eigenvalue weighted by atomic mass is 9.67. The van der Waals surface area contributed by atoms with E-state index in [1.807, 2.05) is 0 Å². The number of aliphatic hydroxyl groups excluding tert-OH is 1. The first-order valence-corrected chi connectivity index (χ1v) is 4.73. The summed E-state index contributed by atoms with van der Waals surface area (Å²) in [6.45, 7) is 1.69. The standard InChI is InChI=1S/C10H15NO2/c1-8(6-12)10(7-11)5-3-2-4-9(10)13/h8,12H,2-6H2,1H3. The lowest BCUT2D eigenvalue weighted by Gasteiger charge is -2.33. The van der Waals surface area contributed by atoms with Crippen LogP contribution in [-0.4, -0.2) is 17.5 Å². The summed E-state index contributed by atoms with van der Waals surface area (Å²) < 4.78 is 0. The lowest BCUT2D eigenvalue weighted by molar-refractivity contribution is -0.131. The predicted molar refractivity (Wildman–Crippen MR) is 47.8 cm³/mol. The SMILES string of the molecule is CC(CO)C1(C#N)CCCCC1=O. The molecule has 72 valence electrons. The number of nitrogens with zero attached hydrogens (tertiary/aromatic N) is 1. The van der Waals surface area contributed by atoms with Crippen LogP contribution in [0.4, 0.5) is 0 Å². The molecule has 0 saturated heterocycles. The number of rotatable bonds is 2. The molecule has 0 aromatic carbocycles. The Bertz CT molecular complexity index is 244. The van der Waals surface area contributed by atoms with Crippen LogP contribution in [0.5, 0.6) is 0 Å². The van der Waals surface area contributed by atoms with Crippen molar-refractivity contribution in [2.45, 2.75) is 32.6 Å². The zero-order valence-electron chi connectivity index (χ0n) is 7.92. The molecule has 1 aliphatic rings. The molecule has 0 bridgehead atoms. The van der Waals surface area contributed by atoms with Gasteiger partial charge in [0.25, 0.3) is 0 Å². The smallest absolute Gasteiger partial charge is 0.153 e. The fourth-order valence-electron chi connectivity index (χ4n) is 1.96. The highest BCUT2D eigenvalue weighted by molar-refractivity contribution is 5.88. The van der Waals surface area contributed by atoms with Crippen molar-refractivity contribution < 1.29 is 9.90 Å². The minimum Gasteiger partial charge on any atom is -0.396 e. The van der Waals surface area contributed by atoms with Gasteiger partial charge >= 0.3 is 0 Å². The molecule has 0 aromatic heterocycles. The summed E-state index contributed by atoms with van der Waals surface area (Å²) in [7, 11) is 0. The Kier molecular flexibility index (Phi) is 3.05. The summed E-state index contributed by atoms with van der Waals surface area (Å²) in [6, 6.07) is 2.11. The van der Waals surface area contributed by atoms with Crippen molar-refractivity contribution in [3.63, 3.8) is 0 Å². The van der Waals surface area contributed by atoms with E-state index in [-0.39, 0.29) is 18.3 Å². The Morgan fingerprint density at radius 1 is 1.69 bits per heavy atom. The minimum absolute atomic E-state index is 0.0165. The third-order valence-electron chi connectivity index (χ3n) is 3.04. The Labute approximate surface area is 78.4 Å². The van der Waals surface area contributed by atoms with Gasteiger partial charge in [-0.15, -0.1) is 0 Å². The van der Waals surface area contributed by atoms with Gasteiger partial charge in [0.2, 0.25) is 0 Å². The van der Waals surface area contributed by atoms with E-state index in [0.29, 0.717) is 12.8 Å². The monoisotopic (exact) mass is 181 g/mol. The van der Waals surface area contributed by atoms with Crippen molar-refractivity contribution in [3.05, 3.63) is 0 Å². The highest BCUT2D eigenvalue weighted by Crippen LogP contribution is 2.39. The number of aliphatic hydroxyl groups is 1. The van der Waals surface area contributed by atoms with Crippen LogP contribution in [0.2, 0.25) is 0 Å². The molecule has 1 rings (SSSR count). The molecule has 0 spiro atoms. The predicted octanol–water partition coefficient (Wildman–Crippen LogP) is 1.27. The first-order chi connectivity index (χ1) is 6.17. The fraction of sp³-hybridized carbons (Fsp3) is 0.800. The molecule has 3 nitrogen and oxygen atoms in total. The summed E-state index contributed by atoms with van der Waals surface area (Å²) in [4.78, 5) is 11.6. The van der Waals surface area contributed by atoms with Crippen LogP contribution in [0.3, 0.4) is 0 Å². The highest BCUT2D eigenvalue weighted by atomic mass is 16.3. The van der Waals surface area contributed by atoms with E-state index in [2.05, 4.69) is 6.07 Å². The van der Waals surface area contributed by atoms with Crippen molar-refractivity contribution in [2.24, 2.45) is 11.3 Å². The largest absolute Gasteiger partial charge is 0.396 e. The van der Waals surface area contributed by atoms with E-state index in [4.69, 9.17) is 10.4 Å². The van der Waals surface area contributed by atoms with Gasteiger partial charge in [-0.1, -0.05) is 13.3 Å². The molecule has 13 heavy (non-hydrogen) atoms. The van der Waals surface area contributed by atoms with Gasteiger partial charge in [0.15, 0.2) is 5.78 Å². The van der Waals surface area contributed by atoms with Gasteiger partial charge in [-0.3, -0.25) is 4.79 Å². The van der Waals surface area contributed by atoms with Gasteiger partial charge in [-0.2, -0.15) is 5.26 Å². The summed E-state index contributed by atoms with van der Waals surface area (Å²) in [5.41, 5.74) is -0.896. The van der Waals surface area contributed by atoms with Crippen molar-refractivity contribution in [1.82, 2.24) is 0 Å². The molecule has 0 amide bonds. The van der Waals surface area contributed by atoms with Crippen molar-refractivity contribution in [2.75, 3.05) is 6.61 Å². The molecular formula is C10H15NO2. The molecule has 1 saturated carbocycles. The Morgan fingerprint density at radius 2 is 2.38 bits per heavy atom. The maximum absolute atomic E-state index is 11.6. The van der Waals surface area contributed by atoms with E-state index in [9.17, 15) is 4.79 Å². The highest BCUT2D eigenvalue weighted by Gasteiger charge is 2.44. The molecule has 0 heterocycles. The van der Waals surface area contributed by atoms with Crippen LogP contribution in [0.25, 0.3) is 0 Å². The van der Waals surface area contributed by atoms with Gasteiger partial charge in [-0.05, 0) is 12.8 Å². The zero-order valence-corrected chi connectivity index (χ0v) is 7.92. The third kappa shape index (κ3) is 1.59. The van der Waals surface area contributed by atoms with E-state index in [1.54, 1.807) is 6.92 Å². The average molecular weight is 181 g/mol. The van der Waals surface area contributed by atoms with Crippen LogP contribution < -0.4 is 0 Å². The van der Waals surface area contributed by atoms with Crippen molar-refractivity contribution in [1.29, 1.82) is 5.26 Å². The normalized spacial score (nSPS) is 31.0. The molecule has 0 aliphatic heterocycles. The number of ketones is 1. The van der Waals surface area contributed by atoms with Gasteiger partial charge in [0.1, 0.15) is 5.41 Å². The van der Waals surface area contributed by atoms with Crippen LogP contribution in [0.15, 0.2) is 0 Å². The molecule has 2 unspecified atom stereocenters. The van der Waals surface area contributed by atoms with Gasteiger partial charge in [-0.25, -0.2) is 0 Å². The molecule has 1 fully saturated rings. The number of hydrogen-bond acceptors (Lipinski definition) is 3. The van der Waals surface area contributed by atoms with Gasteiger partial charge < -0.3 is 5.11 Å². The summed E-state index contributed by atoms with van der Waals surface area (Å²) in [5, 5.41) is 18.0. The Morgan fingerprint density at radius 3 is 2.85 bits per heavy atom. The summed E-state index contributed by atoms with van der Waals surface area (Å²) >= 11 is 0. The number of carbonyl (C=O) groups is 1. The molecule has 2 atom stereocenters. The third-order valence-corrected chi connectivity index (χ3v) is 3.04. The molecular weight excluding hydrogens is 166 g/mol. The van der Waals surface area contributed by atoms with Crippen molar-refractivity contribution in [3.8, 4) is 6.07 Å². The zero-order chi connectivity index (χ0) is 9.90. The van der Waals surface area contributed by atoms with Gasteiger partial charge in [0, 0.05) is 18.9 Å². The summed E-state index contributed by atoms with van der Waals surface area (Å²) in [6.07, 6.45) is 2.92. The second kappa shape index (κ2) is 3.89. The van der Waals surface area contributed by atoms with Crippen LogP contribution in [0.1, 0.15) is 32.6 Å². The Balaban J connectivity index is 2.90. The first kappa shape index (κ1) is 10.2.